The van der Waals surface area contributed by atoms with Crippen LogP contribution in [0, 0.1) is 5.92 Å². The number of rotatable bonds is 7. The van der Waals surface area contributed by atoms with Gasteiger partial charge in [0.2, 0.25) is 5.91 Å². The smallest absolute Gasteiger partial charge is 0.220 e. The first-order chi connectivity index (χ1) is 11.3. The average Bonchev–Trinajstić information content (AvgIpc) is 3.10. The standard InChI is InChI=1S/C18H32N2OS2/c21-18(9-2-1-7-16-10-13-22-23-16)19-14-15-6-5-12-20-11-4-3-8-17(15)20/h15-17H,1-14H2,(H,19,21)/t15-,16-,17+/m0/s1. The average molecular weight is 357 g/mol. The van der Waals surface area contributed by atoms with E-state index in [4.69, 9.17) is 0 Å². The van der Waals surface area contributed by atoms with Crippen molar-refractivity contribution < 1.29 is 4.79 Å². The first-order valence-corrected chi connectivity index (χ1v) is 12.0. The Labute approximate surface area is 149 Å². The lowest BCUT2D eigenvalue weighted by atomic mass is 9.83. The summed E-state index contributed by atoms with van der Waals surface area (Å²) in [7, 11) is 4.07. The minimum atomic E-state index is 0.284. The number of hydrogen-bond acceptors (Lipinski definition) is 4. The first kappa shape index (κ1) is 17.9. The normalized spacial score (nSPS) is 31.7. The van der Waals surface area contributed by atoms with Crippen molar-refractivity contribution in [2.24, 2.45) is 5.92 Å². The Bertz CT molecular complexity index is 372. The highest BCUT2D eigenvalue weighted by molar-refractivity contribution is 8.77. The Balaban J connectivity index is 1.29. The molecule has 0 aliphatic carbocycles. The molecule has 132 valence electrons. The van der Waals surface area contributed by atoms with Gasteiger partial charge in [0.05, 0.1) is 0 Å². The van der Waals surface area contributed by atoms with Crippen molar-refractivity contribution in [3.63, 3.8) is 0 Å². The molecule has 3 atom stereocenters. The number of unbranched alkanes of at least 4 members (excludes halogenated alkanes) is 1. The maximum Gasteiger partial charge on any atom is 0.220 e. The number of nitrogens with zero attached hydrogens (tertiary/aromatic N) is 1. The highest BCUT2D eigenvalue weighted by Gasteiger charge is 2.32. The molecule has 5 heteroatoms. The predicted octanol–water partition coefficient (Wildman–Crippen LogP) is 4.08. The van der Waals surface area contributed by atoms with Crippen LogP contribution in [0.3, 0.4) is 0 Å². The van der Waals surface area contributed by atoms with Gasteiger partial charge >= 0.3 is 0 Å². The van der Waals surface area contributed by atoms with Crippen LogP contribution in [-0.4, -0.2) is 47.5 Å². The van der Waals surface area contributed by atoms with Crippen LogP contribution in [0.4, 0.5) is 0 Å². The summed E-state index contributed by atoms with van der Waals surface area (Å²) in [5.41, 5.74) is 0. The van der Waals surface area contributed by atoms with E-state index in [2.05, 4.69) is 21.0 Å². The molecule has 23 heavy (non-hydrogen) atoms. The molecule has 3 heterocycles. The van der Waals surface area contributed by atoms with Gasteiger partial charge in [0, 0.05) is 30.0 Å². The summed E-state index contributed by atoms with van der Waals surface area (Å²) in [6, 6.07) is 0.745. The van der Waals surface area contributed by atoms with Crippen LogP contribution < -0.4 is 5.32 Å². The van der Waals surface area contributed by atoms with Gasteiger partial charge in [-0.15, -0.1) is 0 Å². The molecular formula is C18H32N2OS2. The van der Waals surface area contributed by atoms with Gasteiger partial charge in [-0.05, 0) is 64.0 Å². The molecule has 0 aromatic carbocycles. The molecule has 3 rings (SSSR count). The van der Waals surface area contributed by atoms with Crippen LogP contribution in [0.2, 0.25) is 0 Å². The van der Waals surface area contributed by atoms with E-state index in [1.54, 1.807) is 0 Å². The SMILES string of the molecule is O=C(CCCC[C@H]1CCSS1)NC[C@@H]1CCCN2CCCC[C@H]12. The van der Waals surface area contributed by atoms with Gasteiger partial charge in [-0.1, -0.05) is 34.4 Å². The zero-order valence-electron chi connectivity index (χ0n) is 14.3. The Morgan fingerprint density at radius 3 is 2.87 bits per heavy atom. The van der Waals surface area contributed by atoms with E-state index in [0.29, 0.717) is 5.92 Å². The number of nitrogens with one attached hydrogen (secondary N) is 1. The van der Waals surface area contributed by atoms with Crippen molar-refractivity contribution in [2.45, 2.75) is 75.5 Å². The zero-order valence-corrected chi connectivity index (χ0v) is 15.9. The van der Waals surface area contributed by atoms with Crippen molar-refractivity contribution >= 4 is 27.5 Å². The highest BCUT2D eigenvalue weighted by Crippen LogP contribution is 2.39. The number of amides is 1. The van der Waals surface area contributed by atoms with E-state index >= 15 is 0 Å². The molecule has 1 N–H and O–H groups in total. The number of carbonyl (C=O) groups excluding carboxylic acids is 1. The van der Waals surface area contributed by atoms with Crippen molar-refractivity contribution in [1.82, 2.24) is 10.2 Å². The van der Waals surface area contributed by atoms with Crippen molar-refractivity contribution in [1.29, 1.82) is 0 Å². The topological polar surface area (TPSA) is 32.3 Å². The molecule has 3 nitrogen and oxygen atoms in total. The second kappa shape index (κ2) is 9.57. The first-order valence-electron chi connectivity index (χ1n) is 9.62. The molecular weight excluding hydrogens is 324 g/mol. The maximum absolute atomic E-state index is 12.1. The van der Waals surface area contributed by atoms with Crippen LogP contribution >= 0.6 is 21.6 Å². The zero-order chi connectivity index (χ0) is 15.9. The van der Waals surface area contributed by atoms with Gasteiger partial charge < -0.3 is 10.2 Å². The molecule has 3 fully saturated rings. The van der Waals surface area contributed by atoms with Crippen molar-refractivity contribution in [2.75, 3.05) is 25.4 Å². The molecule has 0 aromatic heterocycles. The Kier molecular flexibility index (Phi) is 7.46. The lowest BCUT2D eigenvalue weighted by Crippen LogP contribution is -2.50. The van der Waals surface area contributed by atoms with E-state index in [1.165, 1.54) is 70.2 Å². The van der Waals surface area contributed by atoms with Crippen LogP contribution in [0.15, 0.2) is 0 Å². The van der Waals surface area contributed by atoms with Crippen LogP contribution in [0.5, 0.6) is 0 Å². The fourth-order valence-corrected chi connectivity index (χ4v) is 7.40. The largest absolute Gasteiger partial charge is 0.356 e. The van der Waals surface area contributed by atoms with Crippen LogP contribution in [-0.2, 0) is 4.79 Å². The monoisotopic (exact) mass is 356 g/mol. The number of piperidine rings is 2. The third-order valence-electron chi connectivity index (χ3n) is 5.70. The summed E-state index contributed by atoms with van der Waals surface area (Å²) >= 11 is 0. The van der Waals surface area contributed by atoms with E-state index < -0.39 is 0 Å². The van der Waals surface area contributed by atoms with E-state index in [9.17, 15) is 4.79 Å². The molecule has 0 unspecified atom stereocenters. The molecule has 3 aliphatic rings. The summed E-state index contributed by atoms with van der Waals surface area (Å²) in [4.78, 5) is 14.8. The summed E-state index contributed by atoms with van der Waals surface area (Å²) in [6.45, 7) is 3.48. The third kappa shape index (κ3) is 5.57. The second-order valence-electron chi connectivity index (χ2n) is 7.38. The van der Waals surface area contributed by atoms with Crippen molar-refractivity contribution in [3.05, 3.63) is 0 Å². The lowest BCUT2D eigenvalue weighted by molar-refractivity contribution is -0.121. The van der Waals surface area contributed by atoms with Gasteiger partial charge in [-0.25, -0.2) is 0 Å². The van der Waals surface area contributed by atoms with Gasteiger partial charge in [-0.3, -0.25) is 4.79 Å². The molecule has 0 saturated carbocycles. The molecule has 0 spiro atoms. The molecule has 0 bridgehead atoms. The second-order valence-corrected chi connectivity index (χ2v) is 10.2. The maximum atomic E-state index is 12.1. The van der Waals surface area contributed by atoms with Gasteiger partial charge in [-0.2, -0.15) is 0 Å². The van der Waals surface area contributed by atoms with Crippen LogP contribution in [0.1, 0.15) is 64.2 Å². The van der Waals surface area contributed by atoms with E-state index in [0.717, 1.165) is 30.7 Å². The summed E-state index contributed by atoms with van der Waals surface area (Å²) in [5.74, 6) is 2.29. The van der Waals surface area contributed by atoms with E-state index in [-0.39, 0.29) is 5.91 Å². The quantitative estimate of drug-likeness (QED) is 0.550. The van der Waals surface area contributed by atoms with Gasteiger partial charge in [0.25, 0.3) is 0 Å². The van der Waals surface area contributed by atoms with Gasteiger partial charge in [0.15, 0.2) is 0 Å². The highest BCUT2D eigenvalue weighted by atomic mass is 33.1. The minimum Gasteiger partial charge on any atom is -0.356 e. The van der Waals surface area contributed by atoms with Gasteiger partial charge in [0.1, 0.15) is 0 Å². The molecule has 0 aromatic rings. The summed E-state index contributed by atoms with van der Waals surface area (Å²) in [5, 5.41) is 4.09. The Morgan fingerprint density at radius 1 is 1.09 bits per heavy atom. The fourth-order valence-electron chi connectivity index (χ4n) is 4.37. The third-order valence-corrected chi connectivity index (χ3v) is 8.70. The molecule has 1 amide bonds. The molecule has 0 radical (unpaired) electrons. The van der Waals surface area contributed by atoms with E-state index in [1.807, 2.05) is 10.8 Å². The minimum absolute atomic E-state index is 0.284. The molecule has 3 saturated heterocycles. The fraction of sp³-hybridized carbons (Fsp3) is 0.944. The Morgan fingerprint density at radius 2 is 2.00 bits per heavy atom. The number of fused-ring (bicyclic) bond motifs is 1. The number of carbonyl (C=O) groups is 1. The lowest BCUT2D eigenvalue weighted by Gasteiger charge is -2.44. The number of hydrogen-bond donors (Lipinski definition) is 1. The van der Waals surface area contributed by atoms with Crippen molar-refractivity contribution in [3.8, 4) is 0 Å². The Hall–Kier alpha value is 0.130. The van der Waals surface area contributed by atoms with Crippen LogP contribution in [0.25, 0.3) is 0 Å². The summed E-state index contributed by atoms with van der Waals surface area (Å²) in [6.07, 6.45) is 12.4. The molecule has 3 aliphatic heterocycles. The predicted molar refractivity (Wildman–Crippen MR) is 102 cm³/mol. The summed E-state index contributed by atoms with van der Waals surface area (Å²) < 4.78 is 0.